The van der Waals surface area contributed by atoms with Gasteiger partial charge in [-0.25, -0.2) is 9.97 Å². The Morgan fingerprint density at radius 1 is 1.62 bits per heavy atom. The zero-order valence-electron chi connectivity index (χ0n) is 9.49. The molecule has 16 heavy (non-hydrogen) atoms. The van der Waals surface area contributed by atoms with Gasteiger partial charge in [0, 0.05) is 19.3 Å². The maximum atomic E-state index is 5.72. The number of likely N-dealkylation sites (tertiary alicyclic amines) is 1. The summed E-state index contributed by atoms with van der Waals surface area (Å²) >= 11 is 5.72. The van der Waals surface area contributed by atoms with Crippen molar-refractivity contribution in [2.24, 2.45) is 5.92 Å². The highest BCUT2D eigenvalue weighted by Gasteiger charge is 2.20. The second-order valence-corrected chi connectivity index (χ2v) is 4.48. The van der Waals surface area contributed by atoms with E-state index in [1.165, 1.54) is 19.5 Å². The average molecular weight is 241 g/mol. The molecular formula is C11H17ClN4. The number of rotatable bonds is 4. The van der Waals surface area contributed by atoms with E-state index in [1.807, 2.05) is 6.07 Å². The van der Waals surface area contributed by atoms with Crippen molar-refractivity contribution in [3.63, 3.8) is 0 Å². The zero-order chi connectivity index (χ0) is 11.4. The molecule has 0 radical (unpaired) electrons. The third-order valence-corrected chi connectivity index (χ3v) is 3.20. The molecule has 2 heterocycles. The van der Waals surface area contributed by atoms with Crippen LogP contribution in [0.2, 0.25) is 5.28 Å². The number of hydrogen-bond acceptors (Lipinski definition) is 4. The largest absolute Gasteiger partial charge is 0.370 e. The first kappa shape index (κ1) is 11.6. The van der Waals surface area contributed by atoms with Crippen molar-refractivity contribution in [1.29, 1.82) is 0 Å². The second kappa shape index (κ2) is 5.46. The van der Waals surface area contributed by atoms with E-state index in [0.717, 1.165) is 18.9 Å². The summed E-state index contributed by atoms with van der Waals surface area (Å²) in [7, 11) is 0. The Bertz CT molecular complexity index is 345. The summed E-state index contributed by atoms with van der Waals surface area (Å²) in [6, 6.07) is 1.85. The average Bonchev–Trinajstić information content (AvgIpc) is 2.74. The first-order valence-corrected chi connectivity index (χ1v) is 6.10. The Kier molecular flexibility index (Phi) is 3.96. The van der Waals surface area contributed by atoms with Crippen LogP contribution in [-0.4, -0.2) is 41.0 Å². The van der Waals surface area contributed by atoms with Gasteiger partial charge in [0.1, 0.15) is 5.82 Å². The van der Waals surface area contributed by atoms with Crippen molar-refractivity contribution in [2.75, 3.05) is 31.5 Å². The first-order valence-electron chi connectivity index (χ1n) is 5.72. The lowest BCUT2D eigenvalue weighted by Crippen LogP contribution is -2.22. The normalized spacial score (nSPS) is 21.2. The molecule has 1 atom stereocenters. The lowest BCUT2D eigenvalue weighted by Gasteiger charge is -2.13. The van der Waals surface area contributed by atoms with E-state index in [1.54, 1.807) is 6.20 Å². The standard InChI is InChI=1S/C11H17ClN4/c1-2-16-6-4-9(8-16)7-14-10-3-5-13-11(12)15-10/h3,5,9H,2,4,6-8H2,1H3,(H,13,14,15)/t9-/m1/s1. The summed E-state index contributed by atoms with van der Waals surface area (Å²) in [5, 5.41) is 3.61. The second-order valence-electron chi connectivity index (χ2n) is 4.14. The molecule has 1 saturated heterocycles. The highest BCUT2D eigenvalue weighted by Crippen LogP contribution is 2.16. The fourth-order valence-corrected chi connectivity index (χ4v) is 2.20. The van der Waals surface area contributed by atoms with Gasteiger partial charge in [-0.05, 0) is 43.1 Å². The van der Waals surface area contributed by atoms with Crippen molar-refractivity contribution in [1.82, 2.24) is 14.9 Å². The van der Waals surface area contributed by atoms with Crippen molar-refractivity contribution in [3.05, 3.63) is 17.5 Å². The molecule has 0 amide bonds. The van der Waals surface area contributed by atoms with Gasteiger partial charge in [-0.2, -0.15) is 0 Å². The fraction of sp³-hybridized carbons (Fsp3) is 0.636. The van der Waals surface area contributed by atoms with E-state index in [-0.39, 0.29) is 0 Å². The topological polar surface area (TPSA) is 41.0 Å². The van der Waals surface area contributed by atoms with Gasteiger partial charge < -0.3 is 10.2 Å². The predicted molar refractivity (Wildman–Crippen MR) is 65.8 cm³/mol. The molecule has 0 aliphatic carbocycles. The number of anilines is 1. The molecule has 0 spiro atoms. The van der Waals surface area contributed by atoms with Crippen molar-refractivity contribution in [2.45, 2.75) is 13.3 Å². The summed E-state index contributed by atoms with van der Waals surface area (Å²) in [4.78, 5) is 10.4. The zero-order valence-corrected chi connectivity index (χ0v) is 10.2. The van der Waals surface area contributed by atoms with E-state index in [0.29, 0.717) is 11.2 Å². The van der Waals surface area contributed by atoms with Crippen molar-refractivity contribution >= 4 is 17.4 Å². The molecule has 5 heteroatoms. The van der Waals surface area contributed by atoms with Gasteiger partial charge in [-0.1, -0.05) is 6.92 Å². The summed E-state index contributed by atoms with van der Waals surface area (Å²) in [5.74, 6) is 1.53. The highest BCUT2D eigenvalue weighted by molar-refractivity contribution is 6.28. The molecule has 1 aliphatic heterocycles. The monoisotopic (exact) mass is 240 g/mol. The third-order valence-electron chi connectivity index (χ3n) is 3.02. The van der Waals surface area contributed by atoms with E-state index < -0.39 is 0 Å². The molecule has 1 aromatic rings. The van der Waals surface area contributed by atoms with Gasteiger partial charge in [-0.3, -0.25) is 0 Å². The van der Waals surface area contributed by atoms with E-state index in [2.05, 4.69) is 27.1 Å². The Hall–Kier alpha value is -0.870. The molecule has 2 rings (SSSR count). The maximum absolute atomic E-state index is 5.72. The van der Waals surface area contributed by atoms with Crippen LogP contribution in [0.1, 0.15) is 13.3 Å². The van der Waals surface area contributed by atoms with E-state index in [4.69, 9.17) is 11.6 Å². The van der Waals surface area contributed by atoms with Crippen LogP contribution in [0.5, 0.6) is 0 Å². The quantitative estimate of drug-likeness (QED) is 0.816. The summed E-state index contributed by atoms with van der Waals surface area (Å²) in [6.07, 6.45) is 2.93. The number of nitrogens with zero attached hydrogens (tertiary/aromatic N) is 3. The number of aromatic nitrogens is 2. The van der Waals surface area contributed by atoms with Gasteiger partial charge in [0.15, 0.2) is 0 Å². The van der Waals surface area contributed by atoms with Crippen LogP contribution in [0.4, 0.5) is 5.82 Å². The molecule has 0 aromatic carbocycles. The van der Waals surface area contributed by atoms with Crippen LogP contribution in [-0.2, 0) is 0 Å². The van der Waals surface area contributed by atoms with Crippen LogP contribution in [0.25, 0.3) is 0 Å². The van der Waals surface area contributed by atoms with Crippen LogP contribution < -0.4 is 5.32 Å². The smallest absolute Gasteiger partial charge is 0.224 e. The lowest BCUT2D eigenvalue weighted by molar-refractivity contribution is 0.345. The molecule has 1 aliphatic rings. The molecule has 0 unspecified atom stereocenters. The first-order chi connectivity index (χ1) is 7.78. The SMILES string of the molecule is CCN1CC[C@H](CNc2ccnc(Cl)n2)C1. The van der Waals surface area contributed by atoms with Crippen LogP contribution >= 0.6 is 11.6 Å². The summed E-state index contributed by atoms with van der Waals surface area (Å²) in [5.41, 5.74) is 0. The highest BCUT2D eigenvalue weighted by atomic mass is 35.5. The number of halogens is 1. The van der Waals surface area contributed by atoms with Crippen LogP contribution in [0.15, 0.2) is 12.3 Å². The molecule has 0 bridgehead atoms. The van der Waals surface area contributed by atoms with Gasteiger partial charge >= 0.3 is 0 Å². The number of nitrogens with one attached hydrogen (secondary N) is 1. The predicted octanol–water partition coefficient (Wildman–Crippen LogP) is 1.88. The van der Waals surface area contributed by atoms with Crippen LogP contribution in [0.3, 0.4) is 0 Å². The molecule has 88 valence electrons. The minimum Gasteiger partial charge on any atom is -0.370 e. The van der Waals surface area contributed by atoms with Gasteiger partial charge in [-0.15, -0.1) is 0 Å². The maximum Gasteiger partial charge on any atom is 0.224 e. The summed E-state index contributed by atoms with van der Waals surface area (Å²) in [6.45, 7) is 6.72. The number of hydrogen-bond donors (Lipinski definition) is 1. The minimum atomic E-state index is 0.298. The van der Waals surface area contributed by atoms with E-state index in [9.17, 15) is 0 Å². The fourth-order valence-electron chi connectivity index (χ4n) is 2.05. The van der Waals surface area contributed by atoms with Gasteiger partial charge in [0.05, 0.1) is 0 Å². The third kappa shape index (κ3) is 3.06. The van der Waals surface area contributed by atoms with E-state index >= 15 is 0 Å². The van der Waals surface area contributed by atoms with Gasteiger partial charge in [0.25, 0.3) is 0 Å². The molecular weight excluding hydrogens is 224 g/mol. The Labute approximate surface area is 101 Å². The Balaban J connectivity index is 1.80. The Morgan fingerprint density at radius 3 is 3.19 bits per heavy atom. The molecule has 1 aromatic heterocycles. The lowest BCUT2D eigenvalue weighted by atomic mass is 10.1. The molecule has 4 nitrogen and oxygen atoms in total. The van der Waals surface area contributed by atoms with Gasteiger partial charge in [0.2, 0.25) is 5.28 Å². The summed E-state index contributed by atoms with van der Waals surface area (Å²) < 4.78 is 0. The van der Waals surface area contributed by atoms with Crippen LogP contribution in [0, 0.1) is 5.92 Å². The molecule has 1 fully saturated rings. The van der Waals surface area contributed by atoms with Crippen molar-refractivity contribution in [3.8, 4) is 0 Å². The van der Waals surface area contributed by atoms with Crippen molar-refractivity contribution < 1.29 is 0 Å². The molecule has 0 saturated carbocycles. The minimum absolute atomic E-state index is 0.298. The Morgan fingerprint density at radius 2 is 2.50 bits per heavy atom. The molecule has 1 N–H and O–H groups in total.